The van der Waals surface area contributed by atoms with Crippen LogP contribution in [-0.4, -0.2) is 67.2 Å². The van der Waals surface area contributed by atoms with Gasteiger partial charge in [0.1, 0.15) is 11.4 Å². The highest BCUT2D eigenvalue weighted by Gasteiger charge is 2.19. The molecular weight excluding hydrogens is 366 g/mol. The number of fused-ring (bicyclic) bond motifs is 1. The first-order valence-electron chi connectivity index (χ1n) is 9.85. The van der Waals surface area contributed by atoms with Gasteiger partial charge in [-0.15, -0.1) is 0 Å². The van der Waals surface area contributed by atoms with E-state index in [1.165, 1.54) is 6.20 Å². The number of hydrogen-bond acceptors (Lipinski definition) is 6. The molecule has 2 aromatic carbocycles. The number of para-hydroxylation sites is 4. The maximum atomic E-state index is 12.4. The van der Waals surface area contributed by atoms with Crippen molar-refractivity contribution >= 4 is 22.6 Å². The molecule has 0 spiro atoms. The van der Waals surface area contributed by atoms with Gasteiger partial charge in [-0.1, -0.05) is 24.3 Å². The lowest BCUT2D eigenvalue weighted by Crippen LogP contribution is -2.48. The number of amides is 1. The maximum Gasteiger partial charge on any atom is 0.271 e. The first kappa shape index (κ1) is 19.1. The Hall–Kier alpha value is -3.19. The number of carbonyl (C=O) groups excluding carboxylic acids is 1. The average Bonchev–Trinajstić information content (AvgIpc) is 2.79. The second kappa shape index (κ2) is 8.87. The van der Waals surface area contributed by atoms with Crippen molar-refractivity contribution in [3.63, 3.8) is 0 Å². The number of rotatable bonds is 6. The Balaban J connectivity index is 1.25. The molecule has 1 aliphatic rings. The van der Waals surface area contributed by atoms with Crippen molar-refractivity contribution in [1.82, 2.24) is 20.2 Å². The Kier molecular flexibility index (Phi) is 5.86. The molecule has 1 aromatic heterocycles. The van der Waals surface area contributed by atoms with E-state index in [1.807, 2.05) is 42.5 Å². The van der Waals surface area contributed by atoms with Gasteiger partial charge in [-0.05, 0) is 24.3 Å². The van der Waals surface area contributed by atoms with Crippen molar-refractivity contribution in [3.8, 4) is 5.75 Å². The summed E-state index contributed by atoms with van der Waals surface area (Å²) in [6.45, 7) is 5.16. The number of methoxy groups -OCH3 is 1. The molecule has 0 atom stereocenters. The number of hydrogen-bond donors (Lipinski definition) is 1. The van der Waals surface area contributed by atoms with Gasteiger partial charge in [0.15, 0.2) is 0 Å². The molecule has 2 heterocycles. The fourth-order valence-electron chi connectivity index (χ4n) is 3.59. The van der Waals surface area contributed by atoms with Crippen LogP contribution < -0.4 is 15.0 Å². The third kappa shape index (κ3) is 4.46. The number of anilines is 1. The predicted octanol–water partition coefficient (Wildman–Crippen LogP) is 2.19. The third-order valence-electron chi connectivity index (χ3n) is 5.19. The van der Waals surface area contributed by atoms with Gasteiger partial charge >= 0.3 is 0 Å². The number of nitrogens with zero attached hydrogens (tertiary/aromatic N) is 4. The summed E-state index contributed by atoms with van der Waals surface area (Å²) >= 11 is 0. The van der Waals surface area contributed by atoms with E-state index in [4.69, 9.17) is 4.74 Å². The van der Waals surface area contributed by atoms with Gasteiger partial charge in [0.2, 0.25) is 0 Å². The molecule has 7 nitrogen and oxygen atoms in total. The summed E-state index contributed by atoms with van der Waals surface area (Å²) in [5.74, 6) is 0.723. The van der Waals surface area contributed by atoms with E-state index >= 15 is 0 Å². The van der Waals surface area contributed by atoms with Crippen molar-refractivity contribution in [3.05, 3.63) is 60.4 Å². The molecule has 0 radical (unpaired) electrons. The Morgan fingerprint density at radius 3 is 2.55 bits per heavy atom. The third-order valence-corrected chi connectivity index (χ3v) is 5.19. The number of aromatic nitrogens is 2. The summed E-state index contributed by atoms with van der Waals surface area (Å²) in [4.78, 5) is 25.8. The van der Waals surface area contributed by atoms with Crippen LogP contribution in [0, 0.1) is 0 Å². The Morgan fingerprint density at radius 2 is 1.76 bits per heavy atom. The molecule has 0 aliphatic carbocycles. The lowest BCUT2D eigenvalue weighted by atomic mass is 10.2. The highest BCUT2D eigenvalue weighted by molar-refractivity contribution is 5.93. The molecule has 3 aromatic rings. The van der Waals surface area contributed by atoms with Gasteiger partial charge in [0, 0.05) is 39.3 Å². The summed E-state index contributed by atoms with van der Waals surface area (Å²) in [5.41, 5.74) is 3.01. The average molecular weight is 391 g/mol. The largest absolute Gasteiger partial charge is 0.495 e. The van der Waals surface area contributed by atoms with Crippen LogP contribution in [0.2, 0.25) is 0 Å². The van der Waals surface area contributed by atoms with Crippen molar-refractivity contribution in [1.29, 1.82) is 0 Å². The van der Waals surface area contributed by atoms with Crippen LogP contribution >= 0.6 is 0 Å². The van der Waals surface area contributed by atoms with E-state index < -0.39 is 0 Å². The van der Waals surface area contributed by atoms with Crippen molar-refractivity contribution < 1.29 is 9.53 Å². The molecule has 7 heteroatoms. The van der Waals surface area contributed by atoms with Crippen molar-refractivity contribution in [2.45, 2.75) is 0 Å². The molecule has 1 aliphatic heterocycles. The lowest BCUT2D eigenvalue weighted by molar-refractivity contribution is 0.0943. The molecule has 1 fully saturated rings. The van der Waals surface area contributed by atoms with Crippen LogP contribution in [0.1, 0.15) is 10.5 Å². The minimum atomic E-state index is -0.184. The molecule has 1 saturated heterocycles. The van der Waals surface area contributed by atoms with E-state index in [0.717, 1.165) is 55.2 Å². The monoisotopic (exact) mass is 391 g/mol. The summed E-state index contributed by atoms with van der Waals surface area (Å²) in [5, 5.41) is 2.96. The SMILES string of the molecule is COc1ccccc1N1CCN(CCNC(=O)c2cnc3ccccc3n2)CC1. The second-order valence-electron chi connectivity index (χ2n) is 7.00. The zero-order valence-corrected chi connectivity index (χ0v) is 16.5. The van der Waals surface area contributed by atoms with Gasteiger partial charge in [0.05, 0.1) is 30.0 Å². The number of benzene rings is 2. The quantitative estimate of drug-likeness (QED) is 0.695. The van der Waals surface area contributed by atoms with Gasteiger partial charge in [-0.25, -0.2) is 4.98 Å². The Labute approximate surface area is 170 Å². The van der Waals surface area contributed by atoms with Crippen LogP contribution in [0.3, 0.4) is 0 Å². The van der Waals surface area contributed by atoms with E-state index in [9.17, 15) is 4.79 Å². The van der Waals surface area contributed by atoms with Crippen LogP contribution in [0.25, 0.3) is 11.0 Å². The summed E-state index contributed by atoms with van der Waals surface area (Å²) in [6, 6.07) is 15.7. The van der Waals surface area contributed by atoms with Crippen LogP contribution in [-0.2, 0) is 0 Å². The fourth-order valence-corrected chi connectivity index (χ4v) is 3.59. The van der Waals surface area contributed by atoms with Gasteiger partial charge in [0.25, 0.3) is 5.91 Å². The first-order valence-corrected chi connectivity index (χ1v) is 9.85. The topological polar surface area (TPSA) is 70.6 Å². The zero-order chi connectivity index (χ0) is 20.1. The molecule has 150 valence electrons. The highest BCUT2D eigenvalue weighted by Crippen LogP contribution is 2.28. The number of piperazine rings is 1. The zero-order valence-electron chi connectivity index (χ0n) is 16.5. The minimum Gasteiger partial charge on any atom is -0.495 e. The molecule has 29 heavy (non-hydrogen) atoms. The smallest absolute Gasteiger partial charge is 0.271 e. The van der Waals surface area contributed by atoms with Crippen LogP contribution in [0.15, 0.2) is 54.7 Å². The van der Waals surface area contributed by atoms with Gasteiger partial charge < -0.3 is 15.0 Å². The number of nitrogens with one attached hydrogen (secondary N) is 1. The van der Waals surface area contributed by atoms with Crippen LogP contribution in [0.5, 0.6) is 5.75 Å². The minimum absolute atomic E-state index is 0.184. The van der Waals surface area contributed by atoms with E-state index in [2.05, 4.69) is 31.2 Å². The van der Waals surface area contributed by atoms with Gasteiger partial charge in [-0.3, -0.25) is 14.7 Å². The first-order chi connectivity index (χ1) is 14.2. The Bertz CT molecular complexity index is 986. The maximum absolute atomic E-state index is 12.4. The molecule has 1 amide bonds. The standard InChI is InChI=1S/C22H25N5O2/c1-29-21-9-5-4-8-20(21)27-14-12-26(13-15-27)11-10-23-22(28)19-16-24-17-6-2-3-7-18(17)25-19/h2-9,16H,10-15H2,1H3,(H,23,28). The highest BCUT2D eigenvalue weighted by atomic mass is 16.5. The normalized spacial score (nSPS) is 14.7. The number of ether oxygens (including phenoxy) is 1. The van der Waals surface area contributed by atoms with E-state index in [1.54, 1.807) is 7.11 Å². The molecule has 0 saturated carbocycles. The number of carbonyl (C=O) groups is 1. The predicted molar refractivity (Wildman–Crippen MR) is 114 cm³/mol. The summed E-state index contributed by atoms with van der Waals surface area (Å²) < 4.78 is 5.47. The second-order valence-corrected chi connectivity index (χ2v) is 7.00. The molecule has 4 rings (SSSR count). The lowest BCUT2D eigenvalue weighted by Gasteiger charge is -2.36. The van der Waals surface area contributed by atoms with Crippen molar-refractivity contribution in [2.24, 2.45) is 0 Å². The molecular formula is C22H25N5O2. The fraction of sp³-hybridized carbons (Fsp3) is 0.318. The molecule has 1 N–H and O–H groups in total. The Morgan fingerprint density at radius 1 is 1.03 bits per heavy atom. The van der Waals surface area contributed by atoms with E-state index in [0.29, 0.717) is 12.2 Å². The molecule has 0 unspecified atom stereocenters. The van der Waals surface area contributed by atoms with Gasteiger partial charge in [-0.2, -0.15) is 0 Å². The summed E-state index contributed by atoms with van der Waals surface area (Å²) in [6.07, 6.45) is 1.53. The van der Waals surface area contributed by atoms with E-state index in [-0.39, 0.29) is 5.91 Å². The van der Waals surface area contributed by atoms with Crippen LogP contribution in [0.4, 0.5) is 5.69 Å². The molecule has 0 bridgehead atoms. The van der Waals surface area contributed by atoms with Crippen molar-refractivity contribution in [2.75, 3.05) is 51.3 Å². The summed E-state index contributed by atoms with van der Waals surface area (Å²) in [7, 11) is 1.71.